The largest absolute Gasteiger partial charge is 0.417 e. The molecular formula is C18H17N3O5S. The van der Waals surface area contributed by atoms with Crippen molar-refractivity contribution in [3.05, 3.63) is 63.6 Å². The molecule has 0 spiro atoms. The molecule has 2 aromatic carbocycles. The van der Waals surface area contributed by atoms with Crippen LogP contribution < -0.4 is 10.5 Å². The van der Waals surface area contributed by atoms with Crippen LogP contribution in [0.15, 0.2) is 45.6 Å². The molecule has 1 amide bonds. The highest BCUT2D eigenvalue weighted by Gasteiger charge is 2.34. The van der Waals surface area contributed by atoms with Crippen LogP contribution >= 0.6 is 0 Å². The monoisotopic (exact) mass is 387 g/mol. The minimum Gasteiger partial charge on any atom is -0.408 e. The van der Waals surface area contributed by atoms with Gasteiger partial charge in [-0.1, -0.05) is 6.07 Å². The first-order valence-corrected chi connectivity index (χ1v) is 10.1. The van der Waals surface area contributed by atoms with Crippen molar-refractivity contribution < 1.29 is 17.6 Å². The van der Waals surface area contributed by atoms with Crippen LogP contribution in [-0.4, -0.2) is 30.5 Å². The molecule has 1 aromatic heterocycles. The number of sulfonamides is 1. The van der Waals surface area contributed by atoms with Gasteiger partial charge in [-0.05, 0) is 48.4 Å². The lowest BCUT2D eigenvalue weighted by atomic mass is 10.1. The Hall–Kier alpha value is -3.07. The quantitative estimate of drug-likeness (QED) is 0.713. The summed E-state index contributed by atoms with van der Waals surface area (Å²) in [4.78, 5) is 28.3. The van der Waals surface area contributed by atoms with Crippen molar-refractivity contribution in [3.8, 4) is 0 Å². The summed E-state index contributed by atoms with van der Waals surface area (Å²) in [5, 5.41) is 0. The highest BCUT2D eigenvalue weighted by Crippen LogP contribution is 2.36. The number of nitrogens with zero attached hydrogens (tertiary/aromatic N) is 1. The standard InChI is InChI=1S/C18H17N3O5S/c1-10-14-8-12(20-27(2,24)25)4-5-13(14)17(22)21(10)9-11-3-6-15-16(7-11)26-18(23)19-15/h3-8,10,20H,9H2,1-2H3,(H,19,23). The topological polar surface area (TPSA) is 112 Å². The van der Waals surface area contributed by atoms with E-state index in [0.717, 1.165) is 17.4 Å². The summed E-state index contributed by atoms with van der Waals surface area (Å²) in [6, 6.07) is 9.98. The van der Waals surface area contributed by atoms with Crippen LogP contribution in [0, 0.1) is 0 Å². The maximum absolute atomic E-state index is 12.8. The number of oxazole rings is 1. The van der Waals surface area contributed by atoms with Crippen LogP contribution in [0.4, 0.5) is 5.69 Å². The van der Waals surface area contributed by atoms with E-state index in [2.05, 4.69) is 9.71 Å². The van der Waals surface area contributed by atoms with E-state index in [1.807, 2.05) is 13.0 Å². The third kappa shape index (κ3) is 3.21. The van der Waals surface area contributed by atoms with Gasteiger partial charge in [-0.15, -0.1) is 0 Å². The zero-order chi connectivity index (χ0) is 19.3. The summed E-state index contributed by atoms with van der Waals surface area (Å²) in [6.07, 6.45) is 1.08. The molecule has 2 heterocycles. The summed E-state index contributed by atoms with van der Waals surface area (Å²) in [7, 11) is -3.39. The molecular weight excluding hydrogens is 370 g/mol. The van der Waals surface area contributed by atoms with Crippen LogP contribution in [0.5, 0.6) is 0 Å². The molecule has 0 bridgehead atoms. The number of carbonyl (C=O) groups excluding carboxylic acids is 1. The molecule has 140 valence electrons. The Bertz CT molecular complexity index is 1230. The molecule has 3 aromatic rings. The predicted molar refractivity (Wildman–Crippen MR) is 100 cm³/mol. The molecule has 27 heavy (non-hydrogen) atoms. The zero-order valence-electron chi connectivity index (χ0n) is 14.6. The van der Waals surface area contributed by atoms with Gasteiger partial charge in [0.1, 0.15) is 0 Å². The molecule has 2 N–H and O–H groups in total. The van der Waals surface area contributed by atoms with E-state index in [1.165, 1.54) is 0 Å². The summed E-state index contributed by atoms with van der Waals surface area (Å²) >= 11 is 0. The third-order valence-corrected chi connectivity index (χ3v) is 5.21. The Morgan fingerprint density at radius 1 is 1.19 bits per heavy atom. The SMILES string of the molecule is CC1c2cc(NS(C)(=O)=O)ccc2C(=O)N1Cc1ccc2[nH]c(=O)oc2c1. The molecule has 4 rings (SSSR count). The molecule has 9 heteroatoms. The fourth-order valence-corrected chi connectivity index (χ4v) is 3.93. The normalized spacial score (nSPS) is 16.7. The van der Waals surface area contributed by atoms with E-state index in [1.54, 1.807) is 35.2 Å². The van der Waals surface area contributed by atoms with Crippen LogP contribution in [-0.2, 0) is 16.6 Å². The van der Waals surface area contributed by atoms with Crippen molar-refractivity contribution in [2.45, 2.75) is 19.5 Å². The molecule has 1 aliphatic heterocycles. The Morgan fingerprint density at radius 3 is 2.70 bits per heavy atom. The third-order valence-electron chi connectivity index (χ3n) is 4.60. The average Bonchev–Trinajstić information content (AvgIpc) is 3.05. The number of aromatic amines is 1. The zero-order valence-corrected chi connectivity index (χ0v) is 15.5. The van der Waals surface area contributed by atoms with E-state index in [9.17, 15) is 18.0 Å². The van der Waals surface area contributed by atoms with Gasteiger partial charge in [-0.3, -0.25) is 14.5 Å². The highest BCUT2D eigenvalue weighted by molar-refractivity contribution is 7.92. The number of nitrogens with one attached hydrogen (secondary N) is 2. The number of rotatable bonds is 4. The Labute approximate surface area is 154 Å². The molecule has 1 atom stereocenters. The number of anilines is 1. The second-order valence-corrected chi connectivity index (χ2v) is 8.38. The van der Waals surface area contributed by atoms with Crippen molar-refractivity contribution in [2.24, 2.45) is 0 Å². The summed E-state index contributed by atoms with van der Waals surface area (Å²) < 4.78 is 30.4. The molecule has 0 radical (unpaired) electrons. The fraction of sp³-hybridized carbons (Fsp3) is 0.222. The second kappa shape index (κ2) is 5.98. The van der Waals surface area contributed by atoms with Crippen molar-refractivity contribution in [1.29, 1.82) is 0 Å². The maximum atomic E-state index is 12.8. The lowest BCUT2D eigenvalue weighted by Gasteiger charge is -2.22. The number of benzene rings is 2. The summed E-state index contributed by atoms with van der Waals surface area (Å²) in [6.45, 7) is 2.23. The number of H-pyrrole nitrogens is 1. The number of hydrogen-bond donors (Lipinski definition) is 2. The van der Waals surface area contributed by atoms with Gasteiger partial charge in [0.25, 0.3) is 5.91 Å². The average molecular weight is 387 g/mol. The smallest absolute Gasteiger partial charge is 0.408 e. The first-order valence-electron chi connectivity index (χ1n) is 8.26. The molecule has 8 nitrogen and oxygen atoms in total. The predicted octanol–water partition coefficient (Wildman–Crippen LogP) is 2.21. The molecule has 0 fully saturated rings. The molecule has 1 unspecified atom stereocenters. The number of carbonyl (C=O) groups is 1. The van der Waals surface area contributed by atoms with Gasteiger partial charge in [0.15, 0.2) is 5.58 Å². The van der Waals surface area contributed by atoms with Gasteiger partial charge in [0.2, 0.25) is 10.0 Å². The fourth-order valence-electron chi connectivity index (χ4n) is 3.37. The van der Waals surface area contributed by atoms with Crippen molar-refractivity contribution in [1.82, 2.24) is 9.88 Å². The van der Waals surface area contributed by atoms with Gasteiger partial charge < -0.3 is 9.32 Å². The van der Waals surface area contributed by atoms with Crippen molar-refractivity contribution >= 4 is 32.7 Å². The minimum atomic E-state index is -3.39. The van der Waals surface area contributed by atoms with E-state index in [-0.39, 0.29) is 11.9 Å². The molecule has 1 aliphatic rings. The van der Waals surface area contributed by atoms with E-state index in [0.29, 0.717) is 28.9 Å². The van der Waals surface area contributed by atoms with Gasteiger partial charge >= 0.3 is 5.76 Å². The molecule has 0 aliphatic carbocycles. The van der Waals surface area contributed by atoms with E-state index in [4.69, 9.17) is 4.42 Å². The first kappa shape index (κ1) is 17.3. The summed E-state index contributed by atoms with van der Waals surface area (Å²) in [5.74, 6) is -0.648. The first-order chi connectivity index (χ1) is 12.7. The lowest BCUT2D eigenvalue weighted by Crippen LogP contribution is -2.26. The van der Waals surface area contributed by atoms with Crippen LogP contribution in [0.1, 0.15) is 34.5 Å². The highest BCUT2D eigenvalue weighted by atomic mass is 32.2. The Kier molecular flexibility index (Phi) is 3.84. The second-order valence-electron chi connectivity index (χ2n) is 6.63. The molecule has 0 saturated heterocycles. The van der Waals surface area contributed by atoms with Crippen molar-refractivity contribution in [2.75, 3.05) is 11.0 Å². The van der Waals surface area contributed by atoms with Crippen molar-refractivity contribution in [3.63, 3.8) is 0 Å². The minimum absolute atomic E-state index is 0.126. The van der Waals surface area contributed by atoms with Gasteiger partial charge in [0.05, 0.1) is 17.8 Å². The molecule has 0 saturated carbocycles. The van der Waals surface area contributed by atoms with Crippen LogP contribution in [0.2, 0.25) is 0 Å². The Morgan fingerprint density at radius 2 is 1.96 bits per heavy atom. The van der Waals surface area contributed by atoms with Crippen LogP contribution in [0.3, 0.4) is 0 Å². The number of hydrogen-bond acceptors (Lipinski definition) is 5. The van der Waals surface area contributed by atoms with Crippen LogP contribution in [0.25, 0.3) is 11.1 Å². The van der Waals surface area contributed by atoms with Gasteiger partial charge in [-0.2, -0.15) is 0 Å². The lowest BCUT2D eigenvalue weighted by molar-refractivity contribution is 0.0723. The van der Waals surface area contributed by atoms with E-state index < -0.39 is 15.8 Å². The van der Waals surface area contributed by atoms with Gasteiger partial charge in [-0.25, -0.2) is 13.2 Å². The summed E-state index contributed by atoms with van der Waals surface area (Å²) in [5.41, 5.74) is 3.61. The number of aromatic nitrogens is 1. The van der Waals surface area contributed by atoms with E-state index >= 15 is 0 Å². The Balaban J connectivity index is 1.63. The maximum Gasteiger partial charge on any atom is 0.417 e. The number of amides is 1. The van der Waals surface area contributed by atoms with Gasteiger partial charge in [0, 0.05) is 17.8 Å². The number of fused-ring (bicyclic) bond motifs is 2.